The van der Waals surface area contributed by atoms with E-state index in [1.807, 2.05) is 0 Å². The number of rotatable bonds is 16. The molecular weight excluding hydrogens is 254 g/mol. The second kappa shape index (κ2) is 19.2. The number of hydrogen-bond donors (Lipinski definition) is 0. The van der Waals surface area contributed by atoms with Crippen LogP contribution in [0.4, 0.5) is 0 Å². The Labute approximate surface area is 133 Å². The molecule has 21 heavy (non-hydrogen) atoms. The molecule has 0 unspecified atom stereocenters. The summed E-state index contributed by atoms with van der Waals surface area (Å²) >= 11 is 0. The van der Waals surface area contributed by atoms with Crippen LogP contribution in [-0.4, -0.2) is 0 Å². The lowest BCUT2D eigenvalue weighted by molar-refractivity contribution is 0.584. The van der Waals surface area contributed by atoms with E-state index >= 15 is 0 Å². The Balaban J connectivity index is 3.04. The second-order valence-electron chi connectivity index (χ2n) is 6.20. The first-order chi connectivity index (χ1) is 10.4. The first-order valence-electron chi connectivity index (χ1n) is 9.43. The van der Waals surface area contributed by atoms with Gasteiger partial charge < -0.3 is 0 Å². The van der Waals surface area contributed by atoms with Crippen molar-refractivity contribution < 1.29 is 0 Å². The zero-order valence-electron chi connectivity index (χ0n) is 14.4. The van der Waals surface area contributed by atoms with Crippen LogP contribution in [0.15, 0.2) is 12.2 Å². The first kappa shape index (κ1) is 20.2. The zero-order chi connectivity index (χ0) is 15.4. The van der Waals surface area contributed by atoms with E-state index in [-0.39, 0.29) is 0 Å². The van der Waals surface area contributed by atoms with Crippen LogP contribution < -0.4 is 0 Å². The summed E-state index contributed by atoms with van der Waals surface area (Å²) in [5.74, 6) is 0. The fourth-order valence-electron chi connectivity index (χ4n) is 2.63. The Morgan fingerprint density at radius 2 is 1.05 bits per heavy atom. The van der Waals surface area contributed by atoms with Gasteiger partial charge in [0.05, 0.1) is 6.07 Å². The number of nitriles is 1. The van der Waals surface area contributed by atoms with Crippen LogP contribution in [0.5, 0.6) is 0 Å². The van der Waals surface area contributed by atoms with Gasteiger partial charge >= 0.3 is 0 Å². The maximum absolute atomic E-state index is 8.44. The minimum absolute atomic E-state index is 0.739. The van der Waals surface area contributed by atoms with Gasteiger partial charge in [-0.2, -0.15) is 5.26 Å². The maximum atomic E-state index is 8.44. The summed E-state index contributed by atoms with van der Waals surface area (Å²) in [6.07, 6.45) is 25.6. The summed E-state index contributed by atoms with van der Waals surface area (Å²) in [7, 11) is 0. The standard InChI is InChI=1S/C20H37N/c1-2-3-4-5-6-7-8-9-10-11-12-13-14-15-16-17-18-19-20-21/h9-10H,2-8,11-19H2,1H3/b10-9-. The molecule has 0 aromatic carbocycles. The van der Waals surface area contributed by atoms with Crippen LogP contribution in [0, 0.1) is 11.3 Å². The monoisotopic (exact) mass is 291 g/mol. The highest BCUT2D eigenvalue weighted by Crippen LogP contribution is 2.10. The van der Waals surface area contributed by atoms with E-state index in [1.54, 1.807) is 0 Å². The van der Waals surface area contributed by atoms with Crippen molar-refractivity contribution in [1.82, 2.24) is 0 Å². The fourth-order valence-corrected chi connectivity index (χ4v) is 2.63. The van der Waals surface area contributed by atoms with Crippen LogP contribution in [-0.2, 0) is 0 Å². The maximum Gasteiger partial charge on any atom is 0.0621 e. The van der Waals surface area contributed by atoms with Gasteiger partial charge in [-0.15, -0.1) is 0 Å². The third kappa shape index (κ3) is 19.2. The number of allylic oxidation sites excluding steroid dienone is 2. The molecule has 0 spiro atoms. The molecule has 0 heterocycles. The normalized spacial score (nSPS) is 11.0. The van der Waals surface area contributed by atoms with Gasteiger partial charge in [-0.05, 0) is 32.1 Å². The summed E-state index contributed by atoms with van der Waals surface area (Å²) in [5.41, 5.74) is 0. The van der Waals surface area contributed by atoms with Crippen LogP contribution in [0.2, 0.25) is 0 Å². The third-order valence-corrected chi connectivity index (χ3v) is 4.05. The van der Waals surface area contributed by atoms with E-state index in [2.05, 4.69) is 25.1 Å². The molecule has 122 valence electrons. The highest BCUT2D eigenvalue weighted by Gasteiger charge is 1.91. The Kier molecular flexibility index (Phi) is 18.5. The lowest BCUT2D eigenvalue weighted by atomic mass is 10.1. The van der Waals surface area contributed by atoms with Crippen molar-refractivity contribution in [3.8, 4) is 6.07 Å². The summed E-state index contributed by atoms with van der Waals surface area (Å²) in [4.78, 5) is 0. The molecule has 1 nitrogen and oxygen atoms in total. The summed E-state index contributed by atoms with van der Waals surface area (Å²) in [5, 5.41) is 8.44. The first-order valence-corrected chi connectivity index (χ1v) is 9.43. The third-order valence-electron chi connectivity index (χ3n) is 4.05. The van der Waals surface area contributed by atoms with Crippen LogP contribution >= 0.6 is 0 Å². The van der Waals surface area contributed by atoms with Crippen LogP contribution in [0.1, 0.15) is 110 Å². The number of nitrogens with zero attached hydrogens (tertiary/aromatic N) is 1. The van der Waals surface area contributed by atoms with Crippen molar-refractivity contribution in [2.75, 3.05) is 0 Å². The number of unbranched alkanes of at least 4 members (excludes halogenated alkanes) is 14. The van der Waals surface area contributed by atoms with Gasteiger partial charge in [0.15, 0.2) is 0 Å². The molecule has 0 saturated carbocycles. The molecular formula is C20H37N. The molecule has 0 radical (unpaired) electrons. The Bertz CT molecular complexity index is 249. The van der Waals surface area contributed by atoms with Gasteiger partial charge in [0.1, 0.15) is 0 Å². The molecule has 0 atom stereocenters. The molecule has 0 aromatic heterocycles. The summed E-state index contributed by atoms with van der Waals surface area (Å²) in [6.45, 7) is 2.28. The number of hydrogen-bond acceptors (Lipinski definition) is 1. The van der Waals surface area contributed by atoms with Crippen LogP contribution in [0.3, 0.4) is 0 Å². The van der Waals surface area contributed by atoms with E-state index in [0.29, 0.717) is 0 Å². The van der Waals surface area contributed by atoms with Crippen molar-refractivity contribution in [1.29, 1.82) is 5.26 Å². The molecule has 0 amide bonds. The second-order valence-corrected chi connectivity index (χ2v) is 6.20. The molecule has 0 saturated heterocycles. The predicted molar refractivity (Wildman–Crippen MR) is 94.3 cm³/mol. The van der Waals surface area contributed by atoms with Crippen molar-refractivity contribution >= 4 is 0 Å². The Hall–Kier alpha value is -0.770. The van der Waals surface area contributed by atoms with Gasteiger partial charge in [0, 0.05) is 6.42 Å². The van der Waals surface area contributed by atoms with E-state index < -0.39 is 0 Å². The molecule has 0 N–H and O–H groups in total. The molecule has 0 aliphatic heterocycles. The van der Waals surface area contributed by atoms with E-state index in [9.17, 15) is 0 Å². The quantitative estimate of drug-likeness (QED) is 0.216. The average molecular weight is 292 g/mol. The van der Waals surface area contributed by atoms with Gasteiger partial charge in [-0.25, -0.2) is 0 Å². The van der Waals surface area contributed by atoms with Crippen molar-refractivity contribution in [3.05, 3.63) is 12.2 Å². The highest BCUT2D eigenvalue weighted by atomic mass is 14.2. The highest BCUT2D eigenvalue weighted by molar-refractivity contribution is 4.81. The average Bonchev–Trinajstić information content (AvgIpc) is 2.50. The van der Waals surface area contributed by atoms with Crippen molar-refractivity contribution in [3.63, 3.8) is 0 Å². The Morgan fingerprint density at radius 3 is 1.52 bits per heavy atom. The SMILES string of the molecule is CCCCCCCC/C=C\CCCCCCCCCC#N. The molecule has 0 rings (SSSR count). The van der Waals surface area contributed by atoms with Crippen molar-refractivity contribution in [2.45, 2.75) is 110 Å². The largest absolute Gasteiger partial charge is 0.198 e. The topological polar surface area (TPSA) is 23.8 Å². The fraction of sp³-hybridized carbons (Fsp3) is 0.850. The molecule has 0 aromatic rings. The molecule has 1 heteroatoms. The molecule has 0 bridgehead atoms. The molecule has 0 aliphatic carbocycles. The summed E-state index contributed by atoms with van der Waals surface area (Å²) in [6, 6.07) is 2.21. The van der Waals surface area contributed by atoms with Crippen molar-refractivity contribution in [2.24, 2.45) is 0 Å². The van der Waals surface area contributed by atoms with E-state index in [4.69, 9.17) is 5.26 Å². The zero-order valence-corrected chi connectivity index (χ0v) is 14.4. The van der Waals surface area contributed by atoms with E-state index in [1.165, 1.54) is 89.9 Å². The van der Waals surface area contributed by atoms with Gasteiger partial charge in [-0.3, -0.25) is 0 Å². The lowest BCUT2D eigenvalue weighted by Gasteiger charge is -2.00. The van der Waals surface area contributed by atoms with Gasteiger partial charge in [0.25, 0.3) is 0 Å². The lowest BCUT2D eigenvalue weighted by Crippen LogP contribution is -1.80. The predicted octanol–water partition coefficient (Wildman–Crippen LogP) is 7.33. The molecule has 0 fully saturated rings. The van der Waals surface area contributed by atoms with Crippen LogP contribution in [0.25, 0.3) is 0 Å². The summed E-state index contributed by atoms with van der Waals surface area (Å²) < 4.78 is 0. The van der Waals surface area contributed by atoms with Gasteiger partial charge in [-0.1, -0.05) is 83.3 Å². The van der Waals surface area contributed by atoms with Gasteiger partial charge in [0.2, 0.25) is 0 Å². The Morgan fingerprint density at radius 1 is 0.619 bits per heavy atom. The minimum Gasteiger partial charge on any atom is -0.198 e. The minimum atomic E-state index is 0.739. The van der Waals surface area contributed by atoms with E-state index in [0.717, 1.165) is 12.8 Å². The smallest absolute Gasteiger partial charge is 0.0621 e. The molecule has 0 aliphatic rings.